The van der Waals surface area contributed by atoms with E-state index in [-0.39, 0.29) is 6.04 Å². The van der Waals surface area contributed by atoms with Gasteiger partial charge in [0.1, 0.15) is 11.3 Å². The zero-order valence-electron chi connectivity index (χ0n) is 12.8. The van der Waals surface area contributed by atoms with E-state index in [9.17, 15) is 0 Å². The highest BCUT2D eigenvalue weighted by Crippen LogP contribution is 2.30. The second-order valence-electron chi connectivity index (χ2n) is 5.47. The molecule has 0 radical (unpaired) electrons. The van der Waals surface area contributed by atoms with Crippen LogP contribution < -0.4 is 5.32 Å². The van der Waals surface area contributed by atoms with Gasteiger partial charge in [0, 0.05) is 5.39 Å². The zero-order chi connectivity index (χ0) is 14.8. The van der Waals surface area contributed by atoms with Crippen molar-refractivity contribution in [1.82, 2.24) is 5.32 Å². The normalized spacial score (nSPS) is 12.7. The lowest BCUT2D eigenvalue weighted by molar-refractivity contribution is 0.476. The fourth-order valence-corrected chi connectivity index (χ4v) is 2.80. The minimum atomic E-state index is 0.0994. The Morgan fingerprint density at radius 1 is 1.05 bits per heavy atom. The van der Waals surface area contributed by atoms with Crippen LogP contribution in [-0.4, -0.2) is 6.54 Å². The van der Waals surface area contributed by atoms with E-state index in [0.29, 0.717) is 0 Å². The van der Waals surface area contributed by atoms with Crippen molar-refractivity contribution >= 4 is 11.0 Å². The lowest BCUT2D eigenvalue weighted by Crippen LogP contribution is -2.22. The van der Waals surface area contributed by atoms with Crippen molar-refractivity contribution < 1.29 is 4.42 Å². The van der Waals surface area contributed by atoms with Crippen LogP contribution in [0, 0.1) is 13.8 Å². The Labute approximate surface area is 125 Å². The first-order valence-corrected chi connectivity index (χ1v) is 7.48. The lowest BCUT2D eigenvalue weighted by Gasteiger charge is -2.19. The van der Waals surface area contributed by atoms with Crippen LogP contribution in [0.25, 0.3) is 11.0 Å². The Hall–Kier alpha value is -2.06. The fourth-order valence-electron chi connectivity index (χ4n) is 2.80. The summed E-state index contributed by atoms with van der Waals surface area (Å²) in [6, 6.07) is 16.9. The average Bonchev–Trinajstić information content (AvgIpc) is 2.91. The molecule has 0 bridgehead atoms. The largest absolute Gasteiger partial charge is 0.459 e. The molecule has 21 heavy (non-hydrogen) atoms. The van der Waals surface area contributed by atoms with Gasteiger partial charge in [-0.1, -0.05) is 43.3 Å². The van der Waals surface area contributed by atoms with Gasteiger partial charge >= 0.3 is 0 Å². The Morgan fingerprint density at radius 3 is 2.62 bits per heavy atom. The highest BCUT2D eigenvalue weighted by molar-refractivity contribution is 5.78. The molecule has 0 saturated carbocycles. The molecule has 1 N–H and O–H groups in total. The third-order valence-electron chi connectivity index (χ3n) is 4.09. The minimum Gasteiger partial charge on any atom is -0.459 e. The van der Waals surface area contributed by atoms with Gasteiger partial charge in [-0.25, -0.2) is 0 Å². The zero-order valence-corrected chi connectivity index (χ0v) is 12.8. The Morgan fingerprint density at radius 2 is 1.86 bits per heavy atom. The van der Waals surface area contributed by atoms with Crippen LogP contribution in [0.2, 0.25) is 0 Å². The SMILES string of the molecule is CCNC(c1cc2ccccc2o1)c1cccc(C)c1C. The van der Waals surface area contributed by atoms with Gasteiger partial charge in [-0.3, -0.25) is 0 Å². The molecular formula is C19H21NO. The van der Waals surface area contributed by atoms with Gasteiger partial charge < -0.3 is 9.73 Å². The number of nitrogens with one attached hydrogen (secondary N) is 1. The molecule has 0 spiro atoms. The van der Waals surface area contributed by atoms with E-state index in [0.717, 1.165) is 23.3 Å². The van der Waals surface area contributed by atoms with E-state index in [2.05, 4.69) is 56.4 Å². The average molecular weight is 279 g/mol. The van der Waals surface area contributed by atoms with E-state index < -0.39 is 0 Å². The second-order valence-corrected chi connectivity index (χ2v) is 5.47. The summed E-state index contributed by atoms with van der Waals surface area (Å²) in [5, 5.41) is 4.70. The Balaban J connectivity index is 2.10. The van der Waals surface area contributed by atoms with Crippen LogP contribution in [0.1, 0.15) is 35.4 Å². The Kier molecular flexibility index (Phi) is 3.80. The van der Waals surface area contributed by atoms with E-state index in [1.165, 1.54) is 16.7 Å². The first-order valence-electron chi connectivity index (χ1n) is 7.48. The van der Waals surface area contributed by atoms with Crippen LogP contribution in [0.15, 0.2) is 52.9 Å². The standard InChI is InChI=1S/C19H21NO/c1-4-20-19(16-10-7-8-13(2)14(16)3)18-12-15-9-5-6-11-17(15)21-18/h5-12,19-20H,4H2,1-3H3. The second kappa shape index (κ2) is 5.74. The number of aryl methyl sites for hydroxylation is 1. The summed E-state index contributed by atoms with van der Waals surface area (Å²) in [6.45, 7) is 7.36. The summed E-state index contributed by atoms with van der Waals surface area (Å²) < 4.78 is 6.07. The molecule has 2 heteroatoms. The molecule has 2 aromatic carbocycles. The van der Waals surface area contributed by atoms with Crippen molar-refractivity contribution in [3.63, 3.8) is 0 Å². The molecule has 0 aliphatic carbocycles. The van der Waals surface area contributed by atoms with Gasteiger partial charge in [0.25, 0.3) is 0 Å². The maximum Gasteiger partial charge on any atom is 0.134 e. The molecule has 0 saturated heterocycles. The van der Waals surface area contributed by atoms with Crippen molar-refractivity contribution in [2.75, 3.05) is 6.54 Å². The van der Waals surface area contributed by atoms with Gasteiger partial charge in [-0.05, 0) is 49.2 Å². The minimum absolute atomic E-state index is 0.0994. The number of fused-ring (bicyclic) bond motifs is 1. The van der Waals surface area contributed by atoms with Crippen molar-refractivity contribution in [2.24, 2.45) is 0 Å². The third kappa shape index (κ3) is 2.59. The molecule has 2 nitrogen and oxygen atoms in total. The summed E-state index contributed by atoms with van der Waals surface area (Å²) in [4.78, 5) is 0. The molecule has 0 amide bonds. The number of hydrogen-bond donors (Lipinski definition) is 1. The van der Waals surface area contributed by atoms with E-state index in [1.54, 1.807) is 0 Å². The van der Waals surface area contributed by atoms with Crippen molar-refractivity contribution in [3.8, 4) is 0 Å². The van der Waals surface area contributed by atoms with Crippen LogP contribution in [0.3, 0.4) is 0 Å². The van der Waals surface area contributed by atoms with E-state index in [1.807, 2.05) is 18.2 Å². The molecule has 3 aromatic rings. The van der Waals surface area contributed by atoms with Gasteiger partial charge in [-0.2, -0.15) is 0 Å². The lowest BCUT2D eigenvalue weighted by atomic mass is 9.96. The van der Waals surface area contributed by atoms with E-state index in [4.69, 9.17) is 4.42 Å². The first kappa shape index (κ1) is 13.9. The topological polar surface area (TPSA) is 25.2 Å². The maximum absolute atomic E-state index is 6.07. The molecule has 108 valence electrons. The third-order valence-corrected chi connectivity index (χ3v) is 4.09. The van der Waals surface area contributed by atoms with Crippen LogP contribution in [0.4, 0.5) is 0 Å². The summed E-state index contributed by atoms with van der Waals surface area (Å²) in [6.07, 6.45) is 0. The van der Waals surface area contributed by atoms with Crippen LogP contribution in [0.5, 0.6) is 0 Å². The number of para-hydroxylation sites is 1. The summed E-state index contributed by atoms with van der Waals surface area (Å²) >= 11 is 0. The smallest absolute Gasteiger partial charge is 0.134 e. The highest BCUT2D eigenvalue weighted by atomic mass is 16.3. The molecule has 0 aliphatic rings. The van der Waals surface area contributed by atoms with Crippen molar-refractivity contribution in [2.45, 2.75) is 26.8 Å². The maximum atomic E-state index is 6.07. The molecule has 3 rings (SSSR count). The number of furan rings is 1. The molecule has 1 heterocycles. The molecule has 0 fully saturated rings. The summed E-state index contributed by atoms with van der Waals surface area (Å²) in [7, 11) is 0. The highest BCUT2D eigenvalue weighted by Gasteiger charge is 2.19. The number of benzene rings is 2. The predicted molar refractivity (Wildman–Crippen MR) is 87.6 cm³/mol. The van der Waals surface area contributed by atoms with Gasteiger partial charge in [0.15, 0.2) is 0 Å². The van der Waals surface area contributed by atoms with Crippen LogP contribution >= 0.6 is 0 Å². The Bertz CT molecular complexity index is 724. The molecule has 0 aliphatic heterocycles. The van der Waals surface area contributed by atoms with Gasteiger partial charge in [0.05, 0.1) is 6.04 Å². The van der Waals surface area contributed by atoms with Crippen molar-refractivity contribution in [3.05, 3.63) is 71.0 Å². The molecule has 1 aromatic heterocycles. The van der Waals surface area contributed by atoms with Crippen molar-refractivity contribution in [1.29, 1.82) is 0 Å². The molecule has 1 atom stereocenters. The van der Waals surface area contributed by atoms with Gasteiger partial charge in [-0.15, -0.1) is 0 Å². The molecular weight excluding hydrogens is 258 g/mol. The van der Waals surface area contributed by atoms with Crippen LogP contribution in [-0.2, 0) is 0 Å². The monoisotopic (exact) mass is 279 g/mol. The summed E-state index contributed by atoms with van der Waals surface area (Å²) in [5.74, 6) is 0.978. The summed E-state index contributed by atoms with van der Waals surface area (Å²) in [5.41, 5.74) is 4.87. The van der Waals surface area contributed by atoms with E-state index >= 15 is 0 Å². The number of rotatable bonds is 4. The predicted octanol–water partition coefficient (Wildman–Crippen LogP) is 4.75. The number of hydrogen-bond acceptors (Lipinski definition) is 2. The fraction of sp³-hybridized carbons (Fsp3) is 0.263. The first-order chi connectivity index (χ1) is 10.2. The van der Waals surface area contributed by atoms with Gasteiger partial charge in [0.2, 0.25) is 0 Å². The molecule has 1 unspecified atom stereocenters. The quantitative estimate of drug-likeness (QED) is 0.745.